The number of piperazine rings is 1. The highest BCUT2D eigenvalue weighted by atomic mass is 35.5. The number of fused-ring (bicyclic) bond motifs is 1. The minimum absolute atomic E-state index is 0.564. The highest BCUT2D eigenvalue weighted by molar-refractivity contribution is 6.36. The Hall–Kier alpha value is -1.88. The maximum absolute atomic E-state index is 6.41. The van der Waals surface area contributed by atoms with Crippen molar-refractivity contribution in [3.05, 3.63) is 52.5 Å². The molecular weight excluding hydrogens is 367 g/mol. The Bertz CT molecular complexity index is 936. The van der Waals surface area contributed by atoms with Gasteiger partial charge in [0.25, 0.3) is 0 Å². The molecule has 0 unspecified atom stereocenters. The largest absolute Gasteiger partial charge is 0.353 e. The Labute approximate surface area is 163 Å². The van der Waals surface area contributed by atoms with Crippen molar-refractivity contribution in [3.63, 3.8) is 0 Å². The number of halogens is 2. The lowest BCUT2D eigenvalue weighted by molar-refractivity contribution is 0.271. The van der Waals surface area contributed by atoms with Gasteiger partial charge in [-0.3, -0.25) is 0 Å². The summed E-state index contributed by atoms with van der Waals surface area (Å²) < 4.78 is 0. The van der Waals surface area contributed by atoms with Crippen LogP contribution in [0.2, 0.25) is 10.0 Å². The molecular formula is C20H20Cl2N4. The molecule has 1 fully saturated rings. The molecule has 4 nitrogen and oxygen atoms in total. The molecule has 3 aromatic rings. The molecule has 1 aromatic heterocycles. The third kappa shape index (κ3) is 3.37. The van der Waals surface area contributed by atoms with Crippen LogP contribution in [0.25, 0.3) is 22.3 Å². The van der Waals surface area contributed by atoms with E-state index in [9.17, 15) is 0 Å². The number of benzene rings is 2. The summed E-state index contributed by atoms with van der Waals surface area (Å²) in [6.07, 6.45) is 0. The molecule has 4 rings (SSSR count). The van der Waals surface area contributed by atoms with E-state index in [0.29, 0.717) is 15.9 Å². The van der Waals surface area contributed by atoms with Crippen LogP contribution in [0.3, 0.4) is 0 Å². The Morgan fingerprint density at radius 3 is 2.46 bits per heavy atom. The molecule has 0 bridgehead atoms. The molecule has 0 aliphatic carbocycles. The zero-order valence-electron chi connectivity index (χ0n) is 14.6. The molecule has 26 heavy (non-hydrogen) atoms. The molecule has 2 aromatic carbocycles. The van der Waals surface area contributed by atoms with Gasteiger partial charge < -0.3 is 9.80 Å². The van der Waals surface area contributed by atoms with E-state index in [2.05, 4.69) is 22.8 Å². The van der Waals surface area contributed by atoms with E-state index in [1.807, 2.05) is 30.3 Å². The van der Waals surface area contributed by atoms with E-state index in [1.54, 1.807) is 6.07 Å². The Balaban J connectivity index is 1.81. The van der Waals surface area contributed by atoms with Crippen molar-refractivity contribution in [2.75, 3.05) is 37.6 Å². The molecule has 1 saturated heterocycles. The minimum Gasteiger partial charge on any atom is -0.353 e. The first-order valence-electron chi connectivity index (χ1n) is 8.85. The zero-order valence-corrected chi connectivity index (χ0v) is 16.1. The van der Waals surface area contributed by atoms with Crippen LogP contribution in [0.1, 0.15) is 6.92 Å². The van der Waals surface area contributed by atoms with Crippen molar-refractivity contribution in [2.45, 2.75) is 6.92 Å². The molecule has 134 valence electrons. The van der Waals surface area contributed by atoms with Gasteiger partial charge in [-0.05, 0) is 36.9 Å². The number of likely N-dealkylation sites (N-methyl/N-ethyl adjacent to an activating group) is 1. The van der Waals surface area contributed by atoms with E-state index in [1.165, 1.54) is 0 Å². The van der Waals surface area contributed by atoms with E-state index in [-0.39, 0.29) is 0 Å². The van der Waals surface area contributed by atoms with E-state index in [4.69, 9.17) is 33.2 Å². The maximum atomic E-state index is 6.41. The highest BCUT2D eigenvalue weighted by Crippen LogP contribution is 2.32. The van der Waals surface area contributed by atoms with Gasteiger partial charge in [0, 0.05) is 42.2 Å². The lowest BCUT2D eigenvalue weighted by Gasteiger charge is -2.35. The van der Waals surface area contributed by atoms with Gasteiger partial charge in [-0.1, -0.05) is 42.3 Å². The molecule has 0 N–H and O–H groups in total. The predicted molar refractivity (Wildman–Crippen MR) is 109 cm³/mol. The van der Waals surface area contributed by atoms with Gasteiger partial charge in [0.1, 0.15) is 5.82 Å². The molecule has 0 radical (unpaired) electrons. The van der Waals surface area contributed by atoms with Crippen LogP contribution in [0.5, 0.6) is 0 Å². The summed E-state index contributed by atoms with van der Waals surface area (Å²) >= 11 is 12.4. The van der Waals surface area contributed by atoms with Gasteiger partial charge in [-0.25, -0.2) is 9.97 Å². The van der Waals surface area contributed by atoms with Crippen molar-refractivity contribution >= 4 is 39.9 Å². The third-order valence-electron chi connectivity index (χ3n) is 4.87. The number of nitrogens with zero attached hydrogens (tertiary/aromatic N) is 4. The summed E-state index contributed by atoms with van der Waals surface area (Å²) in [6, 6.07) is 13.6. The molecule has 0 amide bonds. The topological polar surface area (TPSA) is 32.3 Å². The van der Waals surface area contributed by atoms with Gasteiger partial charge in [-0.15, -0.1) is 0 Å². The fourth-order valence-corrected chi connectivity index (χ4v) is 3.86. The van der Waals surface area contributed by atoms with E-state index < -0.39 is 0 Å². The molecule has 0 saturated carbocycles. The Morgan fingerprint density at radius 1 is 0.962 bits per heavy atom. The van der Waals surface area contributed by atoms with Crippen LogP contribution in [0, 0.1) is 0 Å². The fraction of sp³-hybridized carbons (Fsp3) is 0.300. The molecule has 6 heteroatoms. The third-order valence-corrected chi connectivity index (χ3v) is 5.42. The number of hydrogen-bond acceptors (Lipinski definition) is 4. The van der Waals surface area contributed by atoms with Crippen LogP contribution in [0.4, 0.5) is 5.82 Å². The summed E-state index contributed by atoms with van der Waals surface area (Å²) in [6.45, 7) is 7.31. The highest BCUT2D eigenvalue weighted by Gasteiger charge is 2.21. The lowest BCUT2D eigenvalue weighted by atomic mass is 10.1. The van der Waals surface area contributed by atoms with Gasteiger partial charge in [0.2, 0.25) is 0 Å². The number of aromatic nitrogens is 2. The minimum atomic E-state index is 0.564. The lowest BCUT2D eigenvalue weighted by Crippen LogP contribution is -2.46. The first kappa shape index (κ1) is 17.5. The first-order chi connectivity index (χ1) is 12.7. The van der Waals surface area contributed by atoms with Crippen LogP contribution in [-0.2, 0) is 0 Å². The van der Waals surface area contributed by atoms with Gasteiger partial charge in [0.15, 0.2) is 5.82 Å². The van der Waals surface area contributed by atoms with Crippen LogP contribution >= 0.6 is 23.2 Å². The SMILES string of the molecule is CCN1CCN(c2nc(-c3ccc(Cl)cc3Cl)nc3ccccc23)CC1. The second kappa shape index (κ2) is 7.39. The fourth-order valence-electron chi connectivity index (χ4n) is 3.37. The summed E-state index contributed by atoms with van der Waals surface area (Å²) in [4.78, 5) is 14.5. The molecule has 0 spiro atoms. The van der Waals surface area contributed by atoms with E-state index in [0.717, 1.165) is 55.0 Å². The monoisotopic (exact) mass is 386 g/mol. The summed E-state index contributed by atoms with van der Waals surface area (Å²) in [5, 5.41) is 2.25. The first-order valence-corrected chi connectivity index (χ1v) is 9.61. The second-order valence-electron chi connectivity index (χ2n) is 6.43. The van der Waals surface area contributed by atoms with Crippen LogP contribution in [-0.4, -0.2) is 47.6 Å². The Kier molecular flexibility index (Phi) is 4.98. The standard InChI is InChI=1S/C20H20Cl2N4/c1-2-25-9-11-26(12-10-25)20-16-5-3-4-6-18(16)23-19(24-20)15-8-7-14(21)13-17(15)22/h3-8,13H,2,9-12H2,1H3. The molecule has 1 aliphatic heterocycles. The van der Waals surface area contributed by atoms with Gasteiger partial charge in [-0.2, -0.15) is 0 Å². The normalized spacial score (nSPS) is 15.6. The van der Waals surface area contributed by atoms with Gasteiger partial charge >= 0.3 is 0 Å². The predicted octanol–water partition coefficient (Wildman–Crippen LogP) is 4.75. The number of hydrogen-bond donors (Lipinski definition) is 0. The zero-order chi connectivity index (χ0) is 18.1. The van der Waals surface area contributed by atoms with E-state index >= 15 is 0 Å². The van der Waals surface area contributed by atoms with Crippen LogP contribution < -0.4 is 4.90 Å². The summed E-state index contributed by atoms with van der Waals surface area (Å²) in [5.41, 5.74) is 1.73. The summed E-state index contributed by atoms with van der Waals surface area (Å²) in [7, 11) is 0. The molecule has 0 atom stereocenters. The Morgan fingerprint density at radius 2 is 1.73 bits per heavy atom. The molecule has 2 heterocycles. The van der Waals surface area contributed by atoms with Crippen molar-refractivity contribution in [1.82, 2.24) is 14.9 Å². The average Bonchev–Trinajstić information content (AvgIpc) is 2.67. The van der Waals surface area contributed by atoms with Crippen molar-refractivity contribution in [3.8, 4) is 11.4 Å². The number of para-hydroxylation sites is 1. The quantitative estimate of drug-likeness (QED) is 0.650. The second-order valence-corrected chi connectivity index (χ2v) is 7.28. The molecule has 1 aliphatic rings. The maximum Gasteiger partial charge on any atom is 0.163 e. The average molecular weight is 387 g/mol. The number of anilines is 1. The van der Waals surface area contributed by atoms with Crippen LogP contribution in [0.15, 0.2) is 42.5 Å². The van der Waals surface area contributed by atoms with Crippen molar-refractivity contribution in [1.29, 1.82) is 0 Å². The van der Waals surface area contributed by atoms with Crippen molar-refractivity contribution < 1.29 is 0 Å². The summed E-state index contributed by atoms with van der Waals surface area (Å²) in [5.74, 6) is 1.62. The smallest absolute Gasteiger partial charge is 0.163 e. The number of rotatable bonds is 3. The van der Waals surface area contributed by atoms with Crippen molar-refractivity contribution in [2.24, 2.45) is 0 Å². The van der Waals surface area contributed by atoms with Gasteiger partial charge in [0.05, 0.1) is 10.5 Å².